The van der Waals surface area contributed by atoms with Crippen LogP contribution in [0.1, 0.15) is 16.6 Å². The van der Waals surface area contributed by atoms with Crippen molar-refractivity contribution in [3.05, 3.63) is 17.3 Å². The lowest BCUT2D eigenvalue weighted by molar-refractivity contribution is 0.0688. The molecule has 0 fully saturated rings. The molecular formula is C11H14N4O2S. The summed E-state index contributed by atoms with van der Waals surface area (Å²) in [5, 5.41) is 9.06. The Kier molecular flexibility index (Phi) is 3.44. The van der Waals surface area contributed by atoms with E-state index in [-0.39, 0.29) is 18.6 Å². The van der Waals surface area contributed by atoms with E-state index in [0.29, 0.717) is 20.9 Å². The van der Waals surface area contributed by atoms with Gasteiger partial charge in [-0.3, -0.25) is 4.79 Å². The number of nitrogens with two attached hydrogens (primary N) is 1. The number of nitrogens with zero attached hydrogens (tertiary/aromatic N) is 3. The number of thiophene rings is 1. The quantitative estimate of drug-likeness (QED) is 0.854. The van der Waals surface area contributed by atoms with Gasteiger partial charge in [0.15, 0.2) is 0 Å². The molecule has 2 aromatic rings. The monoisotopic (exact) mass is 266 g/mol. The molecule has 0 aromatic carbocycles. The van der Waals surface area contributed by atoms with E-state index in [1.807, 2.05) is 0 Å². The number of carbonyl (C=O) groups is 1. The van der Waals surface area contributed by atoms with Crippen LogP contribution < -0.4 is 5.73 Å². The lowest BCUT2D eigenvalue weighted by Gasteiger charge is -2.22. The highest BCUT2D eigenvalue weighted by atomic mass is 32.1. The molecule has 2 heterocycles. The van der Waals surface area contributed by atoms with Crippen LogP contribution in [0.4, 0.5) is 5.69 Å². The van der Waals surface area contributed by atoms with Gasteiger partial charge >= 0.3 is 0 Å². The molecule has 1 unspecified atom stereocenters. The molecule has 2 aromatic heterocycles. The Bertz CT molecular complexity index is 583. The maximum atomic E-state index is 12.2. The molecule has 1 amide bonds. The largest absolute Gasteiger partial charge is 0.396 e. The Labute approximate surface area is 108 Å². The maximum Gasteiger partial charge on any atom is 0.266 e. The van der Waals surface area contributed by atoms with Gasteiger partial charge in [-0.2, -0.15) is 0 Å². The lowest BCUT2D eigenvalue weighted by atomic mass is 10.2. The van der Waals surface area contributed by atoms with Gasteiger partial charge in [-0.1, -0.05) is 0 Å². The number of hydrogen-bond acceptors (Lipinski definition) is 6. The summed E-state index contributed by atoms with van der Waals surface area (Å²) < 4.78 is 0. The Morgan fingerprint density at radius 3 is 2.83 bits per heavy atom. The first-order valence-corrected chi connectivity index (χ1v) is 6.25. The molecule has 0 radical (unpaired) electrons. The molecule has 2 rings (SSSR count). The summed E-state index contributed by atoms with van der Waals surface area (Å²) in [4.78, 5) is 23.0. The number of anilines is 1. The first-order valence-electron chi connectivity index (χ1n) is 5.43. The van der Waals surface area contributed by atoms with E-state index in [1.54, 1.807) is 26.4 Å². The molecule has 1 atom stereocenters. The van der Waals surface area contributed by atoms with E-state index in [9.17, 15) is 4.79 Å². The average molecular weight is 266 g/mol. The lowest BCUT2D eigenvalue weighted by Crippen LogP contribution is -2.37. The van der Waals surface area contributed by atoms with E-state index in [4.69, 9.17) is 10.8 Å². The molecule has 3 N–H and O–H groups in total. The number of carbonyl (C=O) groups excluding carboxylic acids is 1. The molecule has 0 spiro atoms. The molecule has 7 heteroatoms. The molecule has 0 bridgehead atoms. The van der Waals surface area contributed by atoms with Crippen LogP contribution in [0.15, 0.2) is 12.4 Å². The highest BCUT2D eigenvalue weighted by Crippen LogP contribution is 2.31. The van der Waals surface area contributed by atoms with Crippen LogP contribution in [0, 0.1) is 0 Å². The molecule has 0 saturated heterocycles. The van der Waals surface area contributed by atoms with E-state index in [0.717, 1.165) is 0 Å². The topological polar surface area (TPSA) is 92.3 Å². The van der Waals surface area contributed by atoms with Crippen molar-refractivity contribution < 1.29 is 9.90 Å². The second-order valence-electron chi connectivity index (χ2n) is 4.00. The summed E-state index contributed by atoms with van der Waals surface area (Å²) in [6.45, 7) is 1.67. The first kappa shape index (κ1) is 12.7. The fourth-order valence-corrected chi connectivity index (χ4v) is 2.49. The summed E-state index contributed by atoms with van der Waals surface area (Å²) in [7, 11) is 1.63. The summed E-state index contributed by atoms with van der Waals surface area (Å²) in [5.41, 5.74) is 6.82. The zero-order valence-electron chi connectivity index (χ0n) is 10.1. The predicted molar refractivity (Wildman–Crippen MR) is 70.5 cm³/mol. The van der Waals surface area contributed by atoms with Crippen molar-refractivity contribution in [1.29, 1.82) is 0 Å². The first-order chi connectivity index (χ1) is 8.56. The van der Waals surface area contributed by atoms with Crippen molar-refractivity contribution in [1.82, 2.24) is 14.9 Å². The van der Waals surface area contributed by atoms with Crippen LogP contribution in [-0.4, -0.2) is 45.6 Å². The number of nitrogen functional groups attached to an aromatic ring is 1. The van der Waals surface area contributed by atoms with E-state index >= 15 is 0 Å². The fourth-order valence-electron chi connectivity index (χ4n) is 1.49. The van der Waals surface area contributed by atoms with Crippen LogP contribution in [0.2, 0.25) is 0 Å². The Balaban J connectivity index is 2.42. The number of likely N-dealkylation sites (N-methyl/N-ethyl adjacent to an activating group) is 1. The van der Waals surface area contributed by atoms with Crippen LogP contribution in [-0.2, 0) is 0 Å². The van der Waals surface area contributed by atoms with E-state index < -0.39 is 0 Å². The standard InChI is InChI=1S/C11H14N4O2S/c1-6(5-16)15(2)11(17)9-7(12)8-10(18-9)14-4-3-13-8/h3-4,6,16H,5,12H2,1-2H3. The van der Waals surface area contributed by atoms with E-state index in [1.165, 1.54) is 16.2 Å². The third-order valence-corrected chi connectivity index (χ3v) is 3.89. The summed E-state index contributed by atoms with van der Waals surface area (Å²) in [6, 6.07) is -0.261. The fraction of sp³-hybridized carbons (Fsp3) is 0.364. The minimum absolute atomic E-state index is 0.0937. The number of rotatable bonds is 3. The number of aliphatic hydroxyl groups is 1. The Hall–Kier alpha value is -1.73. The smallest absolute Gasteiger partial charge is 0.266 e. The second-order valence-corrected chi connectivity index (χ2v) is 5.00. The minimum Gasteiger partial charge on any atom is -0.396 e. The van der Waals surface area contributed by atoms with Gasteiger partial charge in [-0.15, -0.1) is 11.3 Å². The minimum atomic E-state index is -0.261. The van der Waals surface area contributed by atoms with Gasteiger partial charge in [0, 0.05) is 19.4 Å². The number of fused-ring (bicyclic) bond motifs is 1. The molecule has 6 nitrogen and oxygen atoms in total. The van der Waals surface area contributed by atoms with Gasteiger partial charge in [0.05, 0.1) is 18.3 Å². The molecule has 96 valence electrons. The van der Waals surface area contributed by atoms with Crippen molar-refractivity contribution in [2.75, 3.05) is 19.4 Å². The van der Waals surface area contributed by atoms with Gasteiger partial charge in [0.1, 0.15) is 15.2 Å². The third-order valence-electron chi connectivity index (χ3n) is 2.80. The van der Waals surface area contributed by atoms with Gasteiger partial charge in [0.2, 0.25) is 0 Å². The van der Waals surface area contributed by atoms with Gasteiger partial charge in [0.25, 0.3) is 5.91 Å². The Morgan fingerprint density at radius 1 is 1.56 bits per heavy atom. The Morgan fingerprint density at radius 2 is 2.22 bits per heavy atom. The average Bonchev–Trinajstić information content (AvgIpc) is 2.74. The van der Waals surface area contributed by atoms with Crippen LogP contribution in [0.5, 0.6) is 0 Å². The molecular weight excluding hydrogens is 252 g/mol. The SMILES string of the molecule is CC(CO)N(C)C(=O)c1sc2nccnc2c1N. The summed E-state index contributed by atoms with van der Waals surface area (Å²) in [5.74, 6) is -0.223. The van der Waals surface area contributed by atoms with E-state index in [2.05, 4.69) is 9.97 Å². The van der Waals surface area contributed by atoms with Crippen molar-refractivity contribution in [3.8, 4) is 0 Å². The molecule has 0 aliphatic rings. The zero-order chi connectivity index (χ0) is 13.3. The maximum absolute atomic E-state index is 12.2. The number of aromatic nitrogens is 2. The third kappa shape index (κ3) is 2.02. The highest BCUT2D eigenvalue weighted by molar-refractivity contribution is 7.21. The van der Waals surface area contributed by atoms with Crippen molar-refractivity contribution in [2.24, 2.45) is 0 Å². The van der Waals surface area contributed by atoms with Gasteiger partial charge in [-0.05, 0) is 6.92 Å². The number of amides is 1. The number of aliphatic hydroxyl groups excluding tert-OH is 1. The van der Waals surface area contributed by atoms with Crippen molar-refractivity contribution >= 4 is 33.3 Å². The highest BCUT2D eigenvalue weighted by Gasteiger charge is 2.23. The normalized spacial score (nSPS) is 12.6. The zero-order valence-corrected chi connectivity index (χ0v) is 10.9. The molecule has 0 aliphatic carbocycles. The number of hydrogen-bond donors (Lipinski definition) is 2. The van der Waals surface area contributed by atoms with Gasteiger partial charge in [-0.25, -0.2) is 9.97 Å². The van der Waals surface area contributed by atoms with Crippen LogP contribution in [0.3, 0.4) is 0 Å². The predicted octanol–water partition coefficient (Wildman–Crippen LogP) is 0.726. The summed E-state index contributed by atoms with van der Waals surface area (Å²) in [6.07, 6.45) is 3.10. The summed E-state index contributed by atoms with van der Waals surface area (Å²) >= 11 is 1.22. The van der Waals surface area contributed by atoms with Gasteiger partial charge < -0.3 is 15.7 Å². The van der Waals surface area contributed by atoms with Crippen LogP contribution >= 0.6 is 11.3 Å². The van der Waals surface area contributed by atoms with Crippen LogP contribution in [0.25, 0.3) is 10.3 Å². The molecule has 0 saturated carbocycles. The molecule has 0 aliphatic heterocycles. The second kappa shape index (κ2) is 4.87. The van der Waals surface area contributed by atoms with Crippen molar-refractivity contribution in [3.63, 3.8) is 0 Å². The molecule has 18 heavy (non-hydrogen) atoms. The van der Waals surface area contributed by atoms with Crippen molar-refractivity contribution in [2.45, 2.75) is 13.0 Å².